The van der Waals surface area contributed by atoms with E-state index in [0.29, 0.717) is 13.0 Å². The fourth-order valence-corrected chi connectivity index (χ4v) is 2.86. The summed E-state index contributed by atoms with van der Waals surface area (Å²) in [5.41, 5.74) is 0. The summed E-state index contributed by atoms with van der Waals surface area (Å²) in [4.78, 5) is 11.7. The topological polar surface area (TPSA) is 95.5 Å². The molecule has 2 atom stereocenters. The number of carbonyl (C=O) groups is 1. The van der Waals surface area contributed by atoms with Gasteiger partial charge in [0, 0.05) is 13.2 Å². The molecular weight excluding hydrogens is 268 g/mol. The van der Waals surface area contributed by atoms with Crippen LogP contribution in [0.25, 0.3) is 0 Å². The predicted molar refractivity (Wildman–Crippen MR) is 75.2 cm³/mol. The molecule has 0 aliphatic heterocycles. The Morgan fingerprint density at radius 1 is 1.32 bits per heavy atom. The van der Waals surface area contributed by atoms with Gasteiger partial charge in [0.05, 0.1) is 11.8 Å². The van der Waals surface area contributed by atoms with Gasteiger partial charge in [-0.1, -0.05) is 13.8 Å². The monoisotopic (exact) mass is 294 g/mol. The van der Waals surface area contributed by atoms with Gasteiger partial charge >= 0.3 is 0 Å². The first kappa shape index (κ1) is 18.3. The Bertz CT molecular complexity index is 357. The Balaban J connectivity index is 3.95. The molecule has 0 aromatic carbocycles. The summed E-state index contributed by atoms with van der Waals surface area (Å²) in [5, 5.41) is 11.5. The van der Waals surface area contributed by atoms with E-state index < -0.39 is 16.1 Å². The molecule has 1 amide bonds. The number of carbonyl (C=O) groups excluding carboxylic acids is 1. The molecule has 0 spiro atoms. The van der Waals surface area contributed by atoms with Crippen molar-refractivity contribution in [2.75, 3.05) is 18.9 Å². The first-order valence-electron chi connectivity index (χ1n) is 6.71. The maximum Gasteiger partial charge on any atom is 0.237 e. The smallest absolute Gasteiger partial charge is 0.237 e. The molecule has 7 heteroatoms. The normalized spacial score (nSPS) is 14.9. The van der Waals surface area contributed by atoms with E-state index in [-0.39, 0.29) is 24.2 Å². The maximum atomic E-state index is 11.7. The molecule has 0 radical (unpaired) electrons. The van der Waals surface area contributed by atoms with Crippen molar-refractivity contribution in [1.29, 1.82) is 0 Å². The average molecular weight is 294 g/mol. The number of hydrogen-bond donors (Lipinski definition) is 3. The highest BCUT2D eigenvalue weighted by atomic mass is 32.2. The fourth-order valence-electron chi connectivity index (χ4n) is 1.56. The third-order valence-electron chi connectivity index (χ3n) is 2.71. The van der Waals surface area contributed by atoms with Crippen molar-refractivity contribution in [2.24, 2.45) is 5.92 Å². The van der Waals surface area contributed by atoms with E-state index in [0.717, 1.165) is 12.8 Å². The summed E-state index contributed by atoms with van der Waals surface area (Å²) < 4.78 is 25.3. The van der Waals surface area contributed by atoms with Crippen LogP contribution in [0.5, 0.6) is 0 Å². The molecule has 0 aromatic rings. The zero-order valence-corrected chi connectivity index (χ0v) is 12.8. The van der Waals surface area contributed by atoms with Crippen molar-refractivity contribution in [3.63, 3.8) is 0 Å². The summed E-state index contributed by atoms with van der Waals surface area (Å²) in [6, 6.07) is -0.758. The molecule has 0 heterocycles. The van der Waals surface area contributed by atoms with Crippen molar-refractivity contribution in [1.82, 2.24) is 10.0 Å². The minimum atomic E-state index is -3.37. The lowest BCUT2D eigenvalue weighted by atomic mass is 10.1. The molecule has 3 N–H and O–H groups in total. The molecule has 0 saturated carbocycles. The van der Waals surface area contributed by atoms with Crippen molar-refractivity contribution >= 4 is 15.9 Å². The molecule has 0 aliphatic rings. The largest absolute Gasteiger partial charge is 0.396 e. The Kier molecular flexibility index (Phi) is 8.95. The van der Waals surface area contributed by atoms with Crippen LogP contribution in [0.4, 0.5) is 0 Å². The highest BCUT2D eigenvalue weighted by Gasteiger charge is 2.18. The Morgan fingerprint density at radius 2 is 1.95 bits per heavy atom. The van der Waals surface area contributed by atoms with Crippen molar-refractivity contribution < 1.29 is 18.3 Å². The van der Waals surface area contributed by atoms with E-state index in [1.54, 1.807) is 6.92 Å². The third-order valence-corrected chi connectivity index (χ3v) is 4.37. The molecule has 2 unspecified atom stereocenters. The minimum absolute atomic E-state index is 0.0264. The van der Waals surface area contributed by atoms with Crippen LogP contribution in [0, 0.1) is 5.92 Å². The number of aliphatic hydroxyl groups excluding tert-OH is 1. The summed E-state index contributed by atoms with van der Waals surface area (Å²) in [7, 11) is -3.37. The number of hydrogen-bond acceptors (Lipinski definition) is 4. The number of sulfonamides is 1. The second-order valence-corrected chi connectivity index (χ2v) is 6.75. The second kappa shape index (κ2) is 9.28. The van der Waals surface area contributed by atoms with Gasteiger partial charge in [-0.3, -0.25) is 4.79 Å². The van der Waals surface area contributed by atoms with Gasteiger partial charge < -0.3 is 10.4 Å². The van der Waals surface area contributed by atoms with Crippen LogP contribution in [-0.4, -0.2) is 44.4 Å². The second-order valence-electron chi connectivity index (χ2n) is 4.88. The van der Waals surface area contributed by atoms with Crippen LogP contribution in [0.1, 0.15) is 40.0 Å². The van der Waals surface area contributed by atoms with Gasteiger partial charge in [-0.15, -0.1) is 0 Å². The molecular formula is C12H26N2O4S. The minimum Gasteiger partial charge on any atom is -0.396 e. The molecule has 0 rings (SSSR count). The van der Waals surface area contributed by atoms with Crippen molar-refractivity contribution in [2.45, 2.75) is 46.1 Å². The number of aliphatic hydroxyl groups is 1. The van der Waals surface area contributed by atoms with Crippen LogP contribution in [0.15, 0.2) is 0 Å². The van der Waals surface area contributed by atoms with Crippen LogP contribution >= 0.6 is 0 Å². The van der Waals surface area contributed by atoms with Crippen molar-refractivity contribution in [3.05, 3.63) is 0 Å². The van der Waals surface area contributed by atoms with Crippen molar-refractivity contribution in [3.8, 4) is 0 Å². The van der Waals surface area contributed by atoms with Gasteiger partial charge in [-0.25, -0.2) is 13.1 Å². The molecule has 114 valence electrons. The van der Waals surface area contributed by atoms with E-state index in [4.69, 9.17) is 5.11 Å². The molecule has 6 nitrogen and oxygen atoms in total. The zero-order chi connectivity index (χ0) is 14.9. The van der Waals surface area contributed by atoms with Gasteiger partial charge in [0.25, 0.3) is 0 Å². The maximum absolute atomic E-state index is 11.7. The van der Waals surface area contributed by atoms with E-state index in [1.165, 1.54) is 6.92 Å². The standard InChI is InChI=1S/C12H26N2O4S/c1-4-8-19(17,18)14-11(3)12(16)13-7-5-6-10(2)9-15/h10-11,14-15H,4-9H2,1-3H3,(H,13,16). The van der Waals surface area contributed by atoms with Crippen LogP contribution < -0.4 is 10.0 Å². The Morgan fingerprint density at radius 3 is 2.47 bits per heavy atom. The first-order chi connectivity index (χ1) is 8.82. The molecule has 0 fully saturated rings. The fraction of sp³-hybridized carbons (Fsp3) is 0.917. The summed E-state index contributed by atoms with van der Waals surface area (Å²) in [6.07, 6.45) is 2.11. The highest BCUT2D eigenvalue weighted by Crippen LogP contribution is 2.02. The van der Waals surface area contributed by atoms with Crippen LogP contribution in [-0.2, 0) is 14.8 Å². The molecule has 0 saturated heterocycles. The Hall–Kier alpha value is -0.660. The lowest BCUT2D eigenvalue weighted by molar-refractivity contribution is -0.122. The SMILES string of the molecule is CCCS(=O)(=O)NC(C)C(=O)NCCCC(C)CO. The van der Waals surface area contributed by atoms with Gasteiger partial charge in [-0.2, -0.15) is 0 Å². The Labute approximate surface area is 116 Å². The molecule has 0 aromatic heterocycles. The van der Waals surface area contributed by atoms with Gasteiger partial charge in [0.2, 0.25) is 15.9 Å². The van der Waals surface area contributed by atoms with E-state index >= 15 is 0 Å². The van der Waals surface area contributed by atoms with E-state index in [2.05, 4.69) is 10.0 Å². The quantitative estimate of drug-likeness (QED) is 0.503. The lowest BCUT2D eigenvalue weighted by Crippen LogP contribution is -2.45. The van der Waals surface area contributed by atoms with Gasteiger partial charge in [0.15, 0.2) is 0 Å². The van der Waals surface area contributed by atoms with Crippen LogP contribution in [0.2, 0.25) is 0 Å². The number of amides is 1. The lowest BCUT2D eigenvalue weighted by Gasteiger charge is -2.14. The third kappa shape index (κ3) is 8.96. The molecule has 19 heavy (non-hydrogen) atoms. The van der Waals surface area contributed by atoms with E-state index in [1.807, 2.05) is 6.92 Å². The highest BCUT2D eigenvalue weighted by molar-refractivity contribution is 7.89. The zero-order valence-electron chi connectivity index (χ0n) is 12.0. The summed E-state index contributed by atoms with van der Waals surface area (Å²) in [6.45, 7) is 5.86. The number of nitrogens with one attached hydrogen (secondary N) is 2. The molecule has 0 bridgehead atoms. The predicted octanol–water partition coefficient (Wildman–Crippen LogP) is 0.229. The van der Waals surface area contributed by atoms with Gasteiger partial charge in [-0.05, 0) is 32.1 Å². The first-order valence-corrected chi connectivity index (χ1v) is 8.36. The van der Waals surface area contributed by atoms with Gasteiger partial charge in [0.1, 0.15) is 0 Å². The summed E-state index contributed by atoms with van der Waals surface area (Å²) in [5.74, 6) is -0.0766. The van der Waals surface area contributed by atoms with E-state index in [9.17, 15) is 13.2 Å². The number of rotatable bonds is 10. The average Bonchev–Trinajstić information content (AvgIpc) is 2.33. The molecule has 0 aliphatic carbocycles. The summed E-state index contributed by atoms with van der Waals surface area (Å²) >= 11 is 0. The van der Waals surface area contributed by atoms with Crippen LogP contribution in [0.3, 0.4) is 0 Å².